The van der Waals surface area contributed by atoms with E-state index in [1.807, 2.05) is 18.5 Å². The van der Waals surface area contributed by atoms with Crippen molar-refractivity contribution in [1.82, 2.24) is 9.88 Å². The van der Waals surface area contributed by atoms with Crippen molar-refractivity contribution in [2.45, 2.75) is 25.9 Å². The van der Waals surface area contributed by atoms with Gasteiger partial charge in [-0.2, -0.15) is 0 Å². The molecule has 4 heteroatoms. The second-order valence-corrected chi connectivity index (χ2v) is 7.03. The van der Waals surface area contributed by atoms with Crippen LogP contribution < -0.4 is 9.47 Å². The fourth-order valence-corrected chi connectivity index (χ4v) is 3.44. The largest absolute Gasteiger partial charge is 0.493 e. The Kier molecular flexibility index (Phi) is 7.04. The van der Waals surface area contributed by atoms with Crippen LogP contribution in [-0.2, 0) is 13.1 Å². The fourth-order valence-electron chi connectivity index (χ4n) is 3.44. The third-order valence-corrected chi connectivity index (χ3v) is 4.91. The molecule has 0 saturated carbocycles. The molecule has 0 radical (unpaired) electrons. The van der Waals surface area contributed by atoms with Crippen LogP contribution in [0.2, 0.25) is 0 Å². The van der Waals surface area contributed by atoms with Crippen molar-refractivity contribution in [3.63, 3.8) is 0 Å². The second-order valence-electron chi connectivity index (χ2n) is 7.03. The van der Waals surface area contributed by atoms with Crippen molar-refractivity contribution in [3.8, 4) is 11.5 Å². The van der Waals surface area contributed by atoms with Crippen LogP contribution in [0.15, 0.2) is 73.1 Å². The fraction of sp³-hybridized carbons (Fsp3) is 0.292. The Labute approximate surface area is 167 Å². The topological polar surface area (TPSA) is 34.6 Å². The predicted molar refractivity (Wildman–Crippen MR) is 113 cm³/mol. The Morgan fingerprint density at radius 1 is 0.821 bits per heavy atom. The lowest BCUT2D eigenvalue weighted by molar-refractivity contribution is 0.243. The lowest BCUT2D eigenvalue weighted by Crippen LogP contribution is -2.27. The van der Waals surface area contributed by atoms with E-state index in [2.05, 4.69) is 71.4 Å². The molecule has 4 nitrogen and oxygen atoms in total. The molecule has 1 heterocycles. The van der Waals surface area contributed by atoms with Crippen molar-refractivity contribution < 1.29 is 9.47 Å². The van der Waals surface area contributed by atoms with E-state index in [4.69, 9.17) is 9.47 Å². The second kappa shape index (κ2) is 9.90. The molecule has 2 aromatic carbocycles. The molecule has 1 aromatic heterocycles. The summed E-state index contributed by atoms with van der Waals surface area (Å²) < 4.78 is 10.8. The molecule has 146 valence electrons. The zero-order valence-electron chi connectivity index (χ0n) is 16.8. The number of rotatable bonds is 9. The molecule has 0 fully saturated rings. The van der Waals surface area contributed by atoms with Gasteiger partial charge in [0, 0.05) is 32.0 Å². The molecule has 0 bridgehead atoms. The van der Waals surface area contributed by atoms with Crippen LogP contribution in [0.25, 0.3) is 0 Å². The molecule has 0 N–H and O–H groups in total. The van der Waals surface area contributed by atoms with Gasteiger partial charge < -0.3 is 9.47 Å². The van der Waals surface area contributed by atoms with E-state index >= 15 is 0 Å². The van der Waals surface area contributed by atoms with Gasteiger partial charge >= 0.3 is 0 Å². The highest BCUT2D eigenvalue weighted by atomic mass is 16.5. The number of aromatic nitrogens is 1. The Balaban J connectivity index is 1.79. The van der Waals surface area contributed by atoms with Gasteiger partial charge in [0.15, 0.2) is 11.5 Å². The third kappa shape index (κ3) is 5.33. The Bertz CT molecular complexity index is 853. The molecular weight excluding hydrogens is 348 g/mol. The average Bonchev–Trinajstić information content (AvgIpc) is 2.75. The summed E-state index contributed by atoms with van der Waals surface area (Å²) in [5, 5.41) is 0. The van der Waals surface area contributed by atoms with E-state index < -0.39 is 0 Å². The van der Waals surface area contributed by atoms with E-state index in [1.54, 1.807) is 14.2 Å². The molecule has 0 amide bonds. The first-order chi connectivity index (χ1) is 13.7. The minimum atomic E-state index is 0.434. The lowest BCUT2D eigenvalue weighted by Gasteiger charge is -2.26. The normalized spacial score (nSPS) is 12.0. The van der Waals surface area contributed by atoms with E-state index in [1.165, 1.54) is 16.7 Å². The van der Waals surface area contributed by atoms with Gasteiger partial charge in [-0.1, -0.05) is 43.3 Å². The van der Waals surface area contributed by atoms with Crippen LogP contribution in [0.3, 0.4) is 0 Å². The van der Waals surface area contributed by atoms with Gasteiger partial charge in [0.1, 0.15) is 0 Å². The van der Waals surface area contributed by atoms with E-state index in [-0.39, 0.29) is 0 Å². The zero-order valence-corrected chi connectivity index (χ0v) is 16.8. The number of methoxy groups -OCH3 is 2. The summed E-state index contributed by atoms with van der Waals surface area (Å²) in [5.41, 5.74) is 3.82. The molecule has 3 aromatic rings. The molecule has 28 heavy (non-hydrogen) atoms. The van der Waals surface area contributed by atoms with Crippen molar-refractivity contribution >= 4 is 0 Å². The smallest absolute Gasteiger partial charge is 0.161 e. The Morgan fingerprint density at radius 3 is 2.18 bits per heavy atom. The number of hydrogen-bond acceptors (Lipinski definition) is 4. The molecule has 0 saturated heterocycles. The number of nitrogens with zero attached hydrogens (tertiary/aromatic N) is 2. The van der Waals surface area contributed by atoms with Gasteiger partial charge in [0.25, 0.3) is 0 Å². The van der Waals surface area contributed by atoms with Gasteiger partial charge in [0.2, 0.25) is 0 Å². The number of ether oxygens (including phenoxy) is 2. The zero-order chi connectivity index (χ0) is 19.8. The van der Waals surface area contributed by atoms with E-state index in [0.29, 0.717) is 5.92 Å². The monoisotopic (exact) mass is 376 g/mol. The van der Waals surface area contributed by atoms with Crippen molar-refractivity contribution in [1.29, 1.82) is 0 Å². The van der Waals surface area contributed by atoms with E-state index in [0.717, 1.165) is 31.1 Å². The minimum absolute atomic E-state index is 0.434. The van der Waals surface area contributed by atoms with Crippen molar-refractivity contribution in [3.05, 3.63) is 89.7 Å². The van der Waals surface area contributed by atoms with Crippen LogP contribution in [0.1, 0.15) is 29.5 Å². The summed E-state index contributed by atoms with van der Waals surface area (Å²) in [6.07, 6.45) is 3.70. The van der Waals surface area contributed by atoms with Gasteiger partial charge in [0.05, 0.1) is 14.2 Å². The summed E-state index contributed by atoms with van der Waals surface area (Å²) in [7, 11) is 3.34. The maximum Gasteiger partial charge on any atom is 0.161 e. The van der Waals surface area contributed by atoms with Gasteiger partial charge in [-0.3, -0.25) is 9.88 Å². The average molecular weight is 377 g/mol. The molecule has 1 unspecified atom stereocenters. The molecule has 0 aliphatic heterocycles. The Morgan fingerprint density at radius 2 is 1.50 bits per heavy atom. The van der Waals surface area contributed by atoms with Crippen LogP contribution in [-0.4, -0.2) is 30.6 Å². The van der Waals surface area contributed by atoms with Crippen LogP contribution >= 0.6 is 0 Å². The highest BCUT2D eigenvalue weighted by Crippen LogP contribution is 2.28. The van der Waals surface area contributed by atoms with Gasteiger partial charge in [-0.05, 0) is 46.9 Å². The first kappa shape index (κ1) is 19.9. The Hall–Kier alpha value is -2.85. The molecular formula is C24H28N2O2. The number of pyridine rings is 1. The standard InChI is InChI=1S/C24H28N2O2/c1-19(22-7-5-4-6-8-22)16-26(17-20-11-13-25-14-12-20)18-21-9-10-23(27-2)24(15-21)28-3/h4-15,19H,16-18H2,1-3H3. The number of benzene rings is 2. The first-order valence-corrected chi connectivity index (χ1v) is 9.56. The van der Waals surface area contributed by atoms with Crippen molar-refractivity contribution in [2.75, 3.05) is 20.8 Å². The maximum atomic E-state index is 5.48. The van der Waals surface area contributed by atoms with Crippen LogP contribution in [0.4, 0.5) is 0 Å². The quantitative estimate of drug-likeness (QED) is 0.532. The molecule has 0 aliphatic carbocycles. The van der Waals surface area contributed by atoms with E-state index in [9.17, 15) is 0 Å². The predicted octanol–water partition coefficient (Wildman–Crippen LogP) is 4.90. The maximum absolute atomic E-state index is 5.48. The first-order valence-electron chi connectivity index (χ1n) is 9.56. The van der Waals surface area contributed by atoms with Crippen LogP contribution in [0.5, 0.6) is 11.5 Å². The van der Waals surface area contributed by atoms with Crippen LogP contribution in [0, 0.1) is 0 Å². The lowest BCUT2D eigenvalue weighted by atomic mass is 10.00. The third-order valence-electron chi connectivity index (χ3n) is 4.91. The van der Waals surface area contributed by atoms with Gasteiger partial charge in [-0.25, -0.2) is 0 Å². The summed E-state index contributed by atoms with van der Waals surface area (Å²) in [6, 6.07) is 21.0. The van der Waals surface area contributed by atoms with Gasteiger partial charge in [-0.15, -0.1) is 0 Å². The summed E-state index contributed by atoms with van der Waals surface area (Å²) in [4.78, 5) is 6.60. The highest BCUT2D eigenvalue weighted by molar-refractivity contribution is 5.42. The highest BCUT2D eigenvalue weighted by Gasteiger charge is 2.14. The van der Waals surface area contributed by atoms with Crippen molar-refractivity contribution in [2.24, 2.45) is 0 Å². The minimum Gasteiger partial charge on any atom is -0.493 e. The number of hydrogen-bond donors (Lipinski definition) is 0. The molecule has 0 spiro atoms. The molecule has 3 rings (SSSR count). The summed E-state index contributed by atoms with van der Waals surface area (Å²) in [6.45, 7) is 4.94. The molecule has 0 aliphatic rings. The summed E-state index contributed by atoms with van der Waals surface area (Å²) in [5.74, 6) is 1.95. The summed E-state index contributed by atoms with van der Waals surface area (Å²) >= 11 is 0. The molecule has 1 atom stereocenters. The SMILES string of the molecule is COc1ccc(CN(Cc2ccncc2)CC(C)c2ccccc2)cc1OC.